The third kappa shape index (κ3) is 7.01. The van der Waals surface area contributed by atoms with E-state index in [1.54, 1.807) is 35.6 Å². The monoisotopic (exact) mass is 610 g/mol. The first-order chi connectivity index (χ1) is 21.4. The number of benzene rings is 3. The van der Waals surface area contributed by atoms with E-state index >= 15 is 0 Å². The van der Waals surface area contributed by atoms with Crippen molar-refractivity contribution in [2.24, 2.45) is 0 Å². The molecule has 1 aromatic heterocycles. The Morgan fingerprint density at radius 2 is 1.82 bits per heavy atom. The molecule has 0 aliphatic carbocycles. The third-order valence-electron chi connectivity index (χ3n) is 8.42. The SMILES string of the molecule is Cc1csc([C@H]2CCCN2C(=O)c2cccc(C(=O)N[C@@H](Cc3ccccc3)[C@H](O)[C@H]3C[C@@H](Oc4ccccc4)CN3)c2)n1. The number of aryl methyl sites for hydroxylation is 1. The molecule has 2 aliphatic rings. The highest BCUT2D eigenvalue weighted by Crippen LogP contribution is 2.35. The Morgan fingerprint density at radius 3 is 2.57 bits per heavy atom. The number of carbonyl (C=O) groups is 2. The number of rotatable bonds is 10. The Balaban J connectivity index is 1.16. The zero-order valence-electron chi connectivity index (χ0n) is 24.8. The van der Waals surface area contributed by atoms with Crippen LogP contribution < -0.4 is 15.4 Å². The summed E-state index contributed by atoms with van der Waals surface area (Å²) in [4.78, 5) is 33.8. The fourth-order valence-corrected chi connectivity index (χ4v) is 7.13. The van der Waals surface area contributed by atoms with Crippen molar-refractivity contribution in [2.75, 3.05) is 13.1 Å². The summed E-state index contributed by atoms with van der Waals surface area (Å²) in [5.74, 6) is 0.360. The van der Waals surface area contributed by atoms with Gasteiger partial charge in [-0.2, -0.15) is 0 Å². The number of thiazole rings is 1. The minimum Gasteiger partial charge on any atom is -0.489 e. The largest absolute Gasteiger partial charge is 0.489 e. The highest BCUT2D eigenvalue weighted by Gasteiger charge is 2.36. The summed E-state index contributed by atoms with van der Waals surface area (Å²) < 4.78 is 6.12. The average Bonchev–Trinajstić information content (AvgIpc) is 3.82. The second-order valence-electron chi connectivity index (χ2n) is 11.6. The molecule has 0 unspecified atom stereocenters. The van der Waals surface area contributed by atoms with E-state index in [9.17, 15) is 14.7 Å². The minimum atomic E-state index is -0.861. The van der Waals surface area contributed by atoms with E-state index in [1.807, 2.05) is 77.9 Å². The van der Waals surface area contributed by atoms with Crippen molar-refractivity contribution in [3.63, 3.8) is 0 Å². The predicted octanol–water partition coefficient (Wildman–Crippen LogP) is 4.94. The lowest BCUT2D eigenvalue weighted by Gasteiger charge is -2.29. The first-order valence-electron chi connectivity index (χ1n) is 15.3. The molecule has 0 radical (unpaired) electrons. The van der Waals surface area contributed by atoms with Crippen LogP contribution in [-0.2, 0) is 6.42 Å². The molecule has 5 atom stereocenters. The third-order valence-corrected chi connectivity index (χ3v) is 9.48. The number of hydrogen-bond acceptors (Lipinski definition) is 7. The van der Waals surface area contributed by atoms with E-state index in [4.69, 9.17) is 4.74 Å². The van der Waals surface area contributed by atoms with E-state index in [-0.39, 0.29) is 30.0 Å². The van der Waals surface area contributed by atoms with E-state index in [1.165, 1.54) is 0 Å². The predicted molar refractivity (Wildman–Crippen MR) is 171 cm³/mol. The molecular formula is C35H38N4O4S. The first-order valence-corrected chi connectivity index (χ1v) is 16.1. The number of nitrogens with one attached hydrogen (secondary N) is 2. The number of ether oxygens (including phenoxy) is 1. The second kappa shape index (κ2) is 13.7. The molecule has 3 N–H and O–H groups in total. The molecule has 8 nitrogen and oxygen atoms in total. The highest BCUT2D eigenvalue weighted by atomic mass is 32.1. The van der Waals surface area contributed by atoms with Gasteiger partial charge < -0.3 is 25.4 Å². The summed E-state index contributed by atoms with van der Waals surface area (Å²) >= 11 is 1.59. The van der Waals surface area contributed by atoms with Crippen molar-refractivity contribution in [3.05, 3.63) is 118 Å². The molecule has 2 amide bonds. The maximum Gasteiger partial charge on any atom is 0.254 e. The molecule has 4 aromatic rings. The summed E-state index contributed by atoms with van der Waals surface area (Å²) in [7, 11) is 0. The summed E-state index contributed by atoms with van der Waals surface area (Å²) in [6.07, 6.45) is 1.91. The van der Waals surface area contributed by atoms with Gasteiger partial charge in [0.1, 0.15) is 16.9 Å². The minimum absolute atomic E-state index is 0.0438. The highest BCUT2D eigenvalue weighted by molar-refractivity contribution is 7.09. The second-order valence-corrected chi connectivity index (χ2v) is 12.5. The smallest absolute Gasteiger partial charge is 0.254 e. The van der Waals surface area contributed by atoms with Crippen LogP contribution in [0.5, 0.6) is 5.75 Å². The van der Waals surface area contributed by atoms with Crippen LogP contribution in [0, 0.1) is 6.92 Å². The number of aliphatic hydroxyl groups excluding tert-OH is 1. The number of aliphatic hydroxyl groups is 1. The van der Waals surface area contributed by atoms with Gasteiger partial charge in [0, 0.05) is 47.8 Å². The van der Waals surface area contributed by atoms with Crippen LogP contribution in [0.2, 0.25) is 0 Å². The Labute approximate surface area is 262 Å². The summed E-state index contributed by atoms with van der Waals surface area (Å²) in [5, 5.41) is 21.0. The average molecular weight is 611 g/mol. The first kappa shape index (κ1) is 30.0. The molecule has 44 heavy (non-hydrogen) atoms. The van der Waals surface area contributed by atoms with Gasteiger partial charge in [-0.05, 0) is 62.1 Å². The van der Waals surface area contributed by atoms with Crippen LogP contribution in [-0.4, -0.2) is 64.2 Å². The summed E-state index contributed by atoms with van der Waals surface area (Å²) in [5.41, 5.74) is 2.82. The van der Waals surface area contributed by atoms with Crippen molar-refractivity contribution in [2.45, 2.75) is 62.9 Å². The number of aromatic nitrogens is 1. The lowest BCUT2D eigenvalue weighted by atomic mass is 9.94. The number of likely N-dealkylation sites (tertiary alicyclic amines) is 1. The van der Waals surface area contributed by atoms with Crippen LogP contribution in [0.3, 0.4) is 0 Å². The molecule has 2 aliphatic heterocycles. The number of hydrogen-bond donors (Lipinski definition) is 3. The van der Waals surface area contributed by atoms with Gasteiger partial charge in [-0.15, -0.1) is 11.3 Å². The molecule has 0 bridgehead atoms. The van der Waals surface area contributed by atoms with Gasteiger partial charge in [0.15, 0.2) is 0 Å². The van der Waals surface area contributed by atoms with Gasteiger partial charge in [-0.3, -0.25) is 9.59 Å². The normalized spacial score (nSPS) is 21.1. The topological polar surface area (TPSA) is 104 Å². The van der Waals surface area contributed by atoms with Crippen molar-refractivity contribution in [3.8, 4) is 5.75 Å². The van der Waals surface area contributed by atoms with E-state index in [2.05, 4.69) is 15.6 Å². The fourth-order valence-electron chi connectivity index (χ4n) is 6.18. The van der Waals surface area contributed by atoms with Gasteiger partial charge in [-0.1, -0.05) is 54.6 Å². The molecule has 9 heteroatoms. The van der Waals surface area contributed by atoms with Crippen molar-refractivity contribution >= 4 is 23.2 Å². The van der Waals surface area contributed by atoms with E-state index in [0.29, 0.717) is 37.1 Å². The van der Waals surface area contributed by atoms with E-state index in [0.717, 1.165) is 34.9 Å². The lowest BCUT2D eigenvalue weighted by molar-refractivity contribution is 0.0719. The van der Waals surface area contributed by atoms with E-state index < -0.39 is 12.1 Å². The fraction of sp³-hybridized carbons (Fsp3) is 0.343. The zero-order chi connectivity index (χ0) is 30.5. The number of carbonyl (C=O) groups excluding carboxylic acids is 2. The lowest BCUT2D eigenvalue weighted by Crippen LogP contribution is -2.52. The molecule has 0 saturated carbocycles. The standard InChI is InChI=1S/C35H38N4O4S/c1-23-22-44-34(37-23)31-16-9-17-39(31)35(42)26-13-8-12-25(19-26)33(41)38-30(18-24-10-4-2-5-11-24)32(40)29-20-28(21-36-29)43-27-14-6-3-7-15-27/h2-8,10-15,19,22,28-32,36,40H,9,16-18,20-21H2,1H3,(H,38,41)/t28-,29-,30+,31-,32-/m1/s1. The molecule has 0 spiro atoms. The number of nitrogens with zero attached hydrogens (tertiary/aromatic N) is 2. The molecule has 6 rings (SSSR count). The van der Waals surface area contributed by atoms with Gasteiger partial charge >= 0.3 is 0 Å². The number of para-hydroxylation sites is 1. The van der Waals surface area contributed by atoms with Crippen molar-refractivity contribution in [1.29, 1.82) is 0 Å². The zero-order valence-corrected chi connectivity index (χ0v) is 25.6. The Morgan fingerprint density at radius 1 is 1.07 bits per heavy atom. The molecule has 228 valence electrons. The maximum absolute atomic E-state index is 13.7. The van der Waals surface area contributed by atoms with Crippen LogP contribution in [0.15, 0.2) is 90.3 Å². The molecule has 2 fully saturated rings. The molecule has 3 heterocycles. The Bertz CT molecular complexity index is 1560. The van der Waals surface area contributed by atoms with Gasteiger partial charge in [0.05, 0.1) is 18.2 Å². The van der Waals surface area contributed by atoms with Crippen LogP contribution >= 0.6 is 11.3 Å². The van der Waals surface area contributed by atoms with Gasteiger partial charge in [0.25, 0.3) is 11.8 Å². The van der Waals surface area contributed by atoms with Gasteiger partial charge in [0.2, 0.25) is 0 Å². The van der Waals surface area contributed by atoms with Crippen molar-refractivity contribution < 1.29 is 19.4 Å². The van der Waals surface area contributed by atoms with Crippen LogP contribution in [0.1, 0.15) is 62.3 Å². The summed E-state index contributed by atoms with van der Waals surface area (Å²) in [6.45, 7) is 3.23. The summed E-state index contributed by atoms with van der Waals surface area (Å²) in [6, 6.07) is 25.5. The molecule has 2 saturated heterocycles. The quantitative estimate of drug-likeness (QED) is 0.235. The maximum atomic E-state index is 13.7. The van der Waals surface area contributed by atoms with Gasteiger partial charge in [-0.25, -0.2) is 4.98 Å². The Hall–Kier alpha value is -4.05. The number of amides is 2. The van der Waals surface area contributed by atoms with Crippen LogP contribution in [0.4, 0.5) is 0 Å². The molecular weight excluding hydrogens is 572 g/mol. The van der Waals surface area contributed by atoms with Crippen molar-refractivity contribution in [1.82, 2.24) is 20.5 Å². The molecule has 3 aromatic carbocycles. The Kier molecular flexibility index (Phi) is 9.35. The van der Waals surface area contributed by atoms with Crippen LogP contribution in [0.25, 0.3) is 0 Å².